The van der Waals surface area contributed by atoms with Gasteiger partial charge in [-0.05, 0) is 30.3 Å². The summed E-state index contributed by atoms with van der Waals surface area (Å²) in [7, 11) is 0. The van der Waals surface area contributed by atoms with Gasteiger partial charge in [0.05, 0.1) is 13.3 Å². The second-order valence-corrected chi connectivity index (χ2v) is 5.13. The standard InChI is InChI=1S/C13H10ClFN4S/c14-9-4-3-8(6-11(9)20-7-15)17-13-12-10(18-19-13)2-1-5-16-12/h1-6H,7H2,(H2,17,18,19)/i7D2. The van der Waals surface area contributed by atoms with Gasteiger partial charge in [-0.25, -0.2) is 4.39 Å². The summed E-state index contributed by atoms with van der Waals surface area (Å²) in [5.41, 5.74) is 2.07. The van der Waals surface area contributed by atoms with Crippen LogP contribution in [-0.4, -0.2) is 21.1 Å². The number of H-pyrrole nitrogens is 1. The van der Waals surface area contributed by atoms with Crippen LogP contribution in [-0.2, 0) is 0 Å². The lowest BCUT2D eigenvalue weighted by atomic mass is 10.3. The number of fused-ring (bicyclic) bond motifs is 1. The Balaban J connectivity index is 1.91. The molecule has 0 aliphatic carbocycles. The van der Waals surface area contributed by atoms with Gasteiger partial charge in [0, 0.05) is 16.8 Å². The van der Waals surface area contributed by atoms with Gasteiger partial charge in [-0.2, -0.15) is 5.10 Å². The van der Waals surface area contributed by atoms with Crippen LogP contribution in [0.2, 0.25) is 5.02 Å². The van der Waals surface area contributed by atoms with Crippen molar-refractivity contribution in [3.05, 3.63) is 41.6 Å². The Morgan fingerprint density at radius 1 is 1.45 bits per heavy atom. The smallest absolute Gasteiger partial charge is 0.178 e. The monoisotopic (exact) mass is 310 g/mol. The molecule has 3 aromatic rings. The first-order valence-corrected chi connectivity index (χ1v) is 6.85. The van der Waals surface area contributed by atoms with Gasteiger partial charge in [0.25, 0.3) is 0 Å². The number of aromatic amines is 1. The van der Waals surface area contributed by atoms with Crippen LogP contribution in [0.1, 0.15) is 2.74 Å². The van der Waals surface area contributed by atoms with E-state index in [1.165, 1.54) is 0 Å². The van der Waals surface area contributed by atoms with Crippen LogP contribution in [0.25, 0.3) is 11.0 Å². The number of benzene rings is 1. The lowest BCUT2D eigenvalue weighted by Gasteiger charge is -2.07. The lowest BCUT2D eigenvalue weighted by Crippen LogP contribution is -1.92. The number of aromatic nitrogens is 3. The molecule has 0 saturated carbocycles. The van der Waals surface area contributed by atoms with E-state index in [9.17, 15) is 4.39 Å². The van der Waals surface area contributed by atoms with Gasteiger partial charge in [-0.1, -0.05) is 23.4 Å². The van der Waals surface area contributed by atoms with E-state index >= 15 is 0 Å². The summed E-state index contributed by atoms with van der Waals surface area (Å²) >= 11 is 6.37. The highest BCUT2D eigenvalue weighted by atomic mass is 35.5. The fourth-order valence-electron chi connectivity index (χ4n) is 1.78. The Bertz CT molecular complexity index is 821. The molecule has 0 aliphatic heterocycles. The molecule has 2 N–H and O–H groups in total. The highest BCUT2D eigenvalue weighted by Gasteiger charge is 2.08. The molecule has 20 heavy (non-hydrogen) atoms. The highest BCUT2D eigenvalue weighted by Crippen LogP contribution is 2.31. The number of pyridine rings is 1. The first-order valence-electron chi connectivity index (χ1n) is 6.66. The van der Waals surface area contributed by atoms with Gasteiger partial charge < -0.3 is 5.32 Å². The van der Waals surface area contributed by atoms with E-state index in [0.29, 0.717) is 33.7 Å². The molecule has 2 heterocycles. The van der Waals surface area contributed by atoms with Crippen molar-refractivity contribution in [1.82, 2.24) is 15.2 Å². The largest absolute Gasteiger partial charge is 0.337 e. The van der Waals surface area contributed by atoms with Crippen molar-refractivity contribution >= 4 is 45.9 Å². The maximum absolute atomic E-state index is 13.2. The third kappa shape index (κ3) is 2.57. The van der Waals surface area contributed by atoms with Crippen LogP contribution >= 0.6 is 23.4 Å². The molecule has 4 nitrogen and oxygen atoms in total. The maximum atomic E-state index is 13.2. The van der Waals surface area contributed by atoms with Gasteiger partial charge in [0.1, 0.15) is 11.5 Å². The fraction of sp³-hybridized carbons (Fsp3) is 0.0769. The van der Waals surface area contributed by atoms with E-state index < -0.39 is 5.96 Å². The summed E-state index contributed by atoms with van der Waals surface area (Å²) in [4.78, 5) is 4.53. The third-order valence-electron chi connectivity index (χ3n) is 2.66. The van der Waals surface area contributed by atoms with Crippen molar-refractivity contribution in [2.24, 2.45) is 0 Å². The Kier molecular flexibility index (Phi) is 3.11. The van der Waals surface area contributed by atoms with E-state index in [1.54, 1.807) is 30.5 Å². The summed E-state index contributed by atoms with van der Waals surface area (Å²) in [6.07, 6.45) is 1.66. The van der Waals surface area contributed by atoms with Crippen LogP contribution in [0.3, 0.4) is 0 Å². The quantitative estimate of drug-likeness (QED) is 0.702. The topological polar surface area (TPSA) is 53.6 Å². The van der Waals surface area contributed by atoms with Crippen LogP contribution < -0.4 is 5.32 Å². The molecule has 0 amide bonds. The molecule has 0 fully saturated rings. The predicted molar refractivity (Wildman–Crippen MR) is 80.5 cm³/mol. The molecule has 0 aliphatic rings. The molecule has 0 saturated heterocycles. The maximum Gasteiger partial charge on any atom is 0.178 e. The number of thioether (sulfide) groups is 1. The Labute approximate surface area is 126 Å². The number of halogens is 2. The van der Waals surface area contributed by atoms with Gasteiger partial charge in [-0.3, -0.25) is 10.1 Å². The van der Waals surface area contributed by atoms with Gasteiger partial charge in [0.15, 0.2) is 5.82 Å². The summed E-state index contributed by atoms with van der Waals surface area (Å²) in [5, 5.41) is 10.3. The van der Waals surface area contributed by atoms with Crippen LogP contribution in [0, 0.1) is 0 Å². The van der Waals surface area contributed by atoms with Crippen LogP contribution in [0.5, 0.6) is 0 Å². The molecule has 3 rings (SSSR count). The van der Waals surface area contributed by atoms with E-state index in [1.807, 2.05) is 6.07 Å². The molecule has 0 unspecified atom stereocenters. The van der Waals surface area contributed by atoms with Crippen molar-refractivity contribution < 1.29 is 7.13 Å². The van der Waals surface area contributed by atoms with Gasteiger partial charge >= 0.3 is 0 Å². The van der Waals surface area contributed by atoms with Crippen molar-refractivity contribution in [1.29, 1.82) is 0 Å². The second kappa shape index (κ2) is 5.68. The molecule has 1 aromatic carbocycles. The zero-order chi connectivity index (χ0) is 15.7. The van der Waals surface area contributed by atoms with E-state index in [-0.39, 0.29) is 5.02 Å². The van der Waals surface area contributed by atoms with Crippen molar-refractivity contribution in [2.75, 3.05) is 11.3 Å². The molecule has 7 heteroatoms. The number of hydrogen-bond donors (Lipinski definition) is 2. The molecule has 0 spiro atoms. The van der Waals surface area contributed by atoms with Crippen LogP contribution in [0.4, 0.5) is 15.9 Å². The summed E-state index contributed by atoms with van der Waals surface area (Å²) in [6, 6.07) is 8.48. The molecule has 0 bridgehead atoms. The summed E-state index contributed by atoms with van der Waals surface area (Å²) < 4.78 is 27.2. The molecular weight excluding hydrogens is 299 g/mol. The Morgan fingerprint density at radius 2 is 2.35 bits per heavy atom. The lowest BCUT2D eigenvalue weighted by molar-refractivity contribution is 0.606. The number of nitrogens with zero attached hydrogens (tertiary/aromatic N) is 2. The summed E-state index contributed by atoms with van der Waals surface area (Å²) in [5.74, 6) is -2.37. The molecule has 102 valence electrons. The van der Waals surface area contributed by atoms with Crippen LogP contribution in [0.15, 0.2) is 41.4 Å². The minimum absolute atomic E-state index is 0.280. The van der Waals surface area contributed by atoms with E-state index in [4.69, 9.17) is 14.3 Å². The predicted octanol–water partition coefficient (Wildman–Crippen LogP) is 4.37. The van der Waals surface area contributed by atoms with Crippen molar-refractivity contribution in [3.63, 3.8) is 0 Å². The average Bonchev–Trinajstić information content (AvgIpc) is 2.85. The molecule has 0 radical (unpaired) electrons. The summed E-state index contributed by atoms with van der Waals surface area (Å²) in [6.45, 7) is 0. The van der Waals surface area contributed by atoms with Crippen molar-refractivity contribution in [3.8, 4) is 0 Å². The number of nitrogens with one attached hydrogen (secondary N) is 2. The highest BCUT2D eigenvalue weighted by molar-refractivity contribution is 7.99. The SMILES string of the molecule is [2H]C([2H])(F)Sc1cc(Nc2n[nH]c3cccnc23)ccc1Cl. The van der Waals surface area contributed by atoms with Gasteiger partial charge in [-0.15, -0.1) is 0 Å². The molecule has 0 atom stereocenters. The normalized spacial score (nSPS) is 13.1. The third-order valence-corrected chi connectivity index (χ3v) is 3.74. The minimum Gasteiger partial charge on any atom is -0.337 e. The minimum atomic E-state index is -2.90. The number of alkyl halides is 1. The fourth-order valence-corrected chi connectivity index (χ4v) is 2.45. The average molecular weight is 311 g/mol. The first-order chi connectivity index (χ1) is 10.4. The number of hydrogen-bond acceptors (Lipinski definition) is 4. The second-order valence-electron chi connectivity index (χ2n) is 3.92. The first kappa shape index (κ1) is 10.9. The van der Waals surface area contributed by atoms with E-state index in [0.717, 1.165) is 5.52 Å². The zero-order valence-corrected chi connectivity index (χ0v) is 11.6. The number of anilines is 2. The van der Waals surface area contributed by atoms with Gasteiger partial charge in [0.2, 0.25) is 0 Å². The van der Waals surface area contributed by atoms with E-state index in [2.05, 4.69) is 20.5 Å². The zero-order valence-electron chi connectivity index (χ0n) is 12.0. The number of rotatable bonds is 4. The van der Waals surface area contributed by atoms with Crippen molar-refractivity contribution in [2.45, 2.75) is 4.90 Å². The molecular formula is C13H10ClFN4S. The Morgan fingerprint density at radius 3 is 3.20 bits per heavy atom. The Hall–Kier alpha value is -1.79. The molecule has 2 aromatic heterocycles.